The maximum Gasteiger partial charge on any atom is 0.147 e. The highest BCUT2D eigenvalue weighted by Crippen LogP contribution is 2.28. The first-order chi connectivity index (χ1) is 10.0. The second kappa shape index (κ2) is 6.14. The summed E-state index contributed by atoms with van der Waals surface area (Å²) in [6.07, 6.45) is 0. The largest absolute Gasteiger partial charge is 0.487 e. The molecule has 2 aromatic carbocycles. The summed E-state index contributed by atoms with van der Waals surface area (Å²) in [5.41, 5.74) is 7.61. The average molecular weight is 285 g/mol. The number of ether oxygens (including phenoxy) is 1. The number of hydrogen-bond acceptors (Lipinski definition) is 4. The third-order valence-electron chi connectivity index (χ3n) is 3.10. The number of nitrogens with two attached hydrogens (primary N) is 1. The fourth-order valence-corrected chi connectivity index (χ4v) is 1.86. The van der Waals surface area contributed by atoms with Gasteiger partial charge in [-0.1, -0.05) is 12.1 Å². The summed E-state index contributed by atoms with van der Waals surface area (Å²) < 4.78 is 19.5. The monoisotopic (exact) mass is 285 g/mol. The molecule has 2 N–H and O–H groups in total. The average Bonchev–Trinajstić information content (AvgIpc) is 2.47. The number of halogens is 1. The smallest absolute Gasteiger partial charge is 0.147 e. The minimum Gasteiger partial charge on any atom is -0.487 e. The molecule has 0 atom stereocenters. The summed E-state index contributed by atoms with van der Waals surface area (Å²) in [5, 5.41) is 8.81. The molecule has 0 spiro atoms. The fraction of sp³-hybridized carbons (Fsp3) is 0.188. The van der Waals surface area contributed by atoms with E-state index < -0.39 is 5.82 Å². The van der Waals surface area contributed by atoms with Crippen LogP contribution in [-0.2, 0) is 6.61 Å². The zero-order valence-corrected chi connectivity index (χ0v) is 11.9. The van der Waals surface area contributed by atoms with Gasteiger partial charge in [-0.25, -0.2) is 4.39 Å². The Hall–Kier alpha value is -2.74. The van der Waals surface area contributed by atoms with Gasteiger partial charge in [-0.15, -0.1) is 0 Å². The van der Waals surface area contributed by atoms with Crippen molar-refractivity contribution in [1.29, 1.82) is 5.26 Å². The van der Waals surface area contributed by atoms with Gasteiger partial charge in [-0.3, -0.25) is 0 Å². The summed E-state index contributed by atoms with van der Waals surface area (Å²) in [6, 6.07) is 11.9. The van der Waals surface area contributed by atoms with Gasteiger partial charge >= 0.3 is 0 Å². The molecule has 0 aliphatic rings. The highest BCUT2D eigenvalue weighted by atomic mass is 19.1. The van der Waals surface area contributed by atoms with E-state index in [0.29, 0.717) is 17.0 Å². The second-order valence-electron chi connectivity index (χ2n) is 4.80. The van der Waals surface area contributed by atoms with Crippen LogP contribution < -0.4 is 15.4 Å². The zero-order valence-electron chi connectivity index (χ0n) is 11.9. The predicted molar refractivity (Wildman–Crippen MR) is 80.6 cm³/mol. The third kappa shape index (κ3) is 3.23. The van der Waals surface area contributed by atoms with Crippen molar-refractivity contribution < 1.29 is 9.13 Å². The lowest BCUT2D eigenvalue weighted by molar-refractivity contribution is 0.301. The van der Waals surface area contributed by atoms with Crippen molar-refractivity contribution in [3.05, 3.63) is 53.3 Å². The van der Waals surface area contributed by atoms with E-state index >= 15 is 0 Å². The van der Waals surface area contributed by atoms with Crippen LogP contribution in [-0.4, -0.2) is 14.1 Å². The van der Waals surface area contributed by atoms with Crippen LogP contribution in [0.1, 0.15) is 11.1 Å². The fourth-order valence-electron chi connectivity index (χ4n) is 1.86. The Labute approximate surface area is 123 Å². The molecule has 0 unspecified atom stereocenters. The second-order valence-corrected chi connectivity index (χ2v) is 4.80. The zero-order chi connectivity index (χ0) is 15.4. The summed E-state index contributed by atoms with van der Waals surface area (Å²) in [4.78, 5) is 1.92. The summed E-state index contributed by atoms with van der Waals surface area (Å²) in [5.74, 6) is -0.0645. The van der Waals surface area contributed by atoms with E-state index in [1.165, 1.54) is 6.07 Å². The molecule has 0 aliphatic carbocycles. The molecular weight excluding hydrogens is 269 g/mol. The van der Waals surface area contributed by atoms with Gasteiger partial charge in [0.05, 0.1) is 11.3 Å². The topological polar surface area (TPSA) is 62.3 Å². The van der Waals surface area contributed by atoms with E-state index in [9.17, 15) is 4.39 Å². The van der Waals surface area contributed by atoms with E-state index in [0.717, 1.165) is 5.69 Å². The van der Waals surface area contributed by atoms with Crippen molar-refractivity contribution >= 4 is 11.4 Å². The van der Waals surface area contributed by atoms with Crippen LogP contribution in [0.5, 0.6) is 5.75 Å². The Kier molecular flexibility index (Phi) is 4.29. The van der Waals surface area contributed by atoms with Crippen molar-refractivity contribution in [3.8, 4) is 11.8 Å². The first-order valence-electron chi connectivity index (χ1n) is 6.40. The van der Waals surface area contributed by atoms with Crippen LogP contribution in [0.3, 0.4) is 0 Å². The van der Waals surface area contributed by atoms with E-state index in [1.54, 1.807) is 24.3 Å². The Morgan fingerprint density at radius 1 is 1.29 bits per heavy atom. The van der Waals surface area contributed by atoms with Gasteiger partial charge in [0.2, 0.25) is 0 Å². The van der Waals surface area contributed by atoms with Gasteiger partial charge in [0, 0.05) is 31.4 Å². The SMILES string of the molecule is CN(C)c1ccc(N)c(OCc2cccc(C#N)c2F)c1. The number of hydrogen-bond donors (Lipinski definition) is 1. The highest BCUT2D eigenvalue weighted by Gasteiger charge is 2.10. The minimum atomic E-state index is -0.553. The Morgan fingerprint density at radius 3 is 2.71 bits per heavy atom. The quantitative estimate of drug-likeness (QED) is 0.877. The number of nitriles is 1. The predicted octanol–water partition coefficient (Wildman–Crippen LogP) is 2.92. The molecule has 0 saturated carbocycles. The van der Waals surface area contributed by atoms with E-state index in [1.807, 2.05) is 31.1 Å². The van der Waals surface area contributed by atoms with Gasteiger partial charge in [0.15, 0.2) is 0 Å². The number of rotatable bonds is 4. The van der Waals surface area contributed by atoms with Gasteiger partial charge < -0.3 is 15.4 Å². The summed E-state index contributed by atoms with van der Waals surface area (Å²) >= 11 is 0. The molecule has 4 nitrogen and oxygen atoms in total. The molecule has 0 bridgehead atoms. The molecule has 21 heavy (non-hydrogen) atoms. The van der Waals surface area contributed by atoms with Gasteiger partial charge in [-0.2, -0.15) is 5.26 Å². The van der Waals surface area contributed by atoms with Crippen LogP contribution in [0, 0.1) is 17.1 Å². The molecule has 0 aliphatic heterocycles. The number of anilines is 2. The number of nitrogens with zero attached hydrogens (tertiary/aromatic N) is 2. The van der Waals surface area contributed by atoms with Crippen LogP contribution in [0.15, 0.2) is 36.4 Å². The molecule has 2 aromatic rings. The van der Waals surface area contributed by atoms with E-state index in [4.69, 9.17) is 15.7 Å². The lowest BCUT2D eigenvalue weighted by Gasteiger charge is -2.16. The Morgan fingerprint density at radius 2 is 2.05 bits per heavy atom. The molecule has 108 valence electrons. The third-order valence-corrected chi connectivity index (χ3v) is 3.10. The Bertz CT molecular complexity index is 692. The standard InChI is InChI=1S/C16H16FN3O/c1-20(2)13-6-7-14(19)15(8-13)21-10-12-5-3-4-11(9-18)16(12)17/h3-8H,10,19H2,1-2H3. The number of nitrogen functional groups attached to an aromatic ring is 1. The molecule has 0 radical (unpaired) electrons. The normalized spacial score (nSPS) is 10.0. The van der Waals surface area contributed by atoms with Crippen LogP contribution in [0.2, 0.25) is 0 Å². The van der Waals surface area contributed by atoms with Crippen LogP contribution in [0.4, 0.5) is 15.8 Å². The van der Waals surface area contributed by atoms with Crippen molar-refractivity contribution in [1.82, 2.24) is 0 Å². The molecule has 0 fully saturated rings. The lowest BCUT2D eigenvalue weighted by atomic mass is 10.1. The van der Waals surface area contributed by atoms with E-state index in [2.05, 4.69) is 0 Å². The van der Waals surface area contributed by atoms with Crippen molar-refractivity contribution in [2.45, 2.75) is 6.61 Å². The maximum absolute atomic E-state index is 13.9. The first-order valence-corrected chi connectivity index (χ1v) is 6.40. The Balaban J connectivity index is 2.21. The number of benzene rings is 2. The van der Waals surface area contributed by atoms with Crippen molar-refractivity contribution in [2.24, 2.45) is 0 Å². The maximum atomic E-state index is 13.9. The molecule has 0 heterocycles. The molecule has 0 aromatic heterocycles. The van der Waals surface area contributed by atoms with Crippen LogP contribution >= 0.6 is 0 Å². The minimum absolute atomic E-state index is 0.00566. The van der Waals surface area contributed by atoms with Crippen molar-refractivity contribution in [2.75, 3.05) is 24.7 Å². The summed E-state index contributed by atoms with van der Waals surface area (Å²) in [7, 11) is 3.82. The first kappa shape index (κ1) is 14.7. The molecule has 5 heteroatoms. The van der Waals surface area contributed by atoms with Gasteiger partial charge in [0.25, 0.3) is 0 Å². The molecular formula is C16H16FN3O. The van der Waals surface area contributed by atoms with Gasteiger partial charge in [0.1, 0.15) is 24.2 Å². The molecule has 0 amide bonds. The van der Waals surface area contributed by atoms with Gasteiger partial charge in [-0.05, 0) is 18.2 Å². The summed E-state index contributed by atoms with van der Waals surface area (Å²) in [6.45, 7) is 0.0163. The van der Waals surface area contributed by atoms with Crippen LogP contribution in [0.25, 0.3) is 0 Å². The molecule has 2 rings (SSSR count). The van der Waals surface area contributed by atoms with Crippen molar-refractivity contribution in [3.63, 3.8) is 0 Å². The van der Waals surface area contributed by atoms with E-state index in [-0.39, 0.29) is 12.2 Å². The molecule has 0 saturated heterocycles. The highest BCUT2D eigenvalue weighted by molar-refractivity contribution is 5.61. The lowest BCUT2D eigenvalue weighted by Crippen LogP contribution is -2.09.